The van der Waals surface area contributed by atoms with Crippen LogP contribution in [0.25, 0.3) is 5.69 Å². The van der Waals surface area contributed by atoms with Crippen molar-refractivity contribution in [1.82, 2.24) is 14.5 Å². The van der Waals surface area contributed by atoms with E-state index < -0.39 is 14.9 Å². The van der Waals surface area contributed by atoms with Gasteiger partial charge in [0.05, 0.1) is 34.4 Å². The molecule has 2 N–H and O–H groups in total. The van der Waals surface area contributed by atoms with Gasteiger partial charge in [0.15, 0.2) is 0 Å². The smallest absolute Gasteiger partial charge is 0.296 e. The molecule has 0 saturated carbocycles. The number of benzene rings is 2. The van der Waals surface area contributed by atoms with E-state index in [0.29, 0.717) is 23.9 Å². The summed E-state index contributed by atoms with van der Waals surface area (Å²) in [5, 5.41) is 19.9. The minimum absolute atomic E-state index is 0.0476. The molecule has 12 heteroatoms. The molecule has 3 rings (SSSR count). The van der Waals surface area contributed by atoms with Crippen LogP contribution in [0.2, 0.25) is 5.02 Å². The second-order valence-corrected chi connectivity index (χ2v) is 10.2. The van der Waals surface area contributed by atoms with Crippen molar-refractivity contribution in [3.8, 4) is 5.69 Å². The Balaban J connectivity index is 1.76. The molecule has 10 nitrogen and oxygen atoms in total. The monoisotopic (exact) mass is 521 g/mol. The van der Waals surface area contributed by atoms with Crippen molar-refractivity contribution in [3.63, 3.8) is 0 Å². The SMILES string of the molecule is CCOCC(C)CNS(=O)(=O)c1ccc(NCc2ccn(-c3ccc(Cl)cc3)n2)c([N+](=O)[O-])c1C. The van der Waals surface area contributed by atoms with E-state index in [1.54, 1.807) is 29.1 Å². The molecule has 0 aliphatic carbocycles. The fraction of sp³-hybridized carbons (Fsp3) is 0.348. The van der Waals surface area contributed by atoms with Gasteiger partial charge >= 0.3 is 0 Å². The summed E-state index contributed by atoms with van der Waals surface area (Å²) >= 11 is 5.92. The highest BCUT2D eigenvalue weighted by Crippen LogP contribution is 2.33. The minimum Gasteiger partial charge on any atom is -0.381 e. The van der Waals surface area contributed by atoms with Crippen molar-refractivity contribution in [2.75, 3.05) is 25.1 Å². The van der Waals surface area contributed by atoms with Crippen LogP contribution in [-0.2, 0) is 21.3 Å². The molecule has 0 spiro atoms. The third-order valence-corrected chi connectivity index (χ3v) is 7.10. The summed E-state index contributed by atoms with van der Waals surface area (Å²) in [5.41, 5.74) is 1.43. The van der Waals surface area contributed by atoms with Crippen LogP contribution in [0.3, 0.4) is 0 Å². The molecule has 1 heterocycles. The molecule has 1 unspecified atom stereocenters. The number of nitrogens with zero attached hydrogens (tertiary/aromatic N) is 3. The highest BCUT2D eigenvalue weighted by molar-refractivity contribution is 7.89. The Hall–Kier alpha value is -2.99. The lowest BCUT2D eigenvalue weighted by atomic mass is 10.1. The van der Waals surface area contributed by atoms with Gasteiger partial charge < -0.3 is 10.1 Å². The number of halogens is 1. The van der Waals surface area contributed by atoms with Crippen molar-refractivity contribution < 1.29 is 18.1 Å². The Kier molecular flexibility index (Phi) is 8.84. The fourth-order valence-electron chi connectivity index (χ4n) is 3.44. The van der Waals surface area contributed by atoms with E-state index in [1.807, 2.05) is 26.0 Å². The van der Waals surface area contributed by atoms with Gasteiger partial charge in [-0.15, -0.1) is 0 Å². The van der Waals surface area contributed by atoms with E-state index in [9.17, 15) is 18.5 Å². The van der Waals surface area contributed by atoms with E-state index in [-0.39, 0.29) is 40.8 Å². The number of rotatable bonds is 12. The lowest BCUT2D eigenvalue weighted by Gasteiger charge is -2.15. The Morgan fingerprint density at radius 2 is 1.91 bits per heavy atom. The summed E-state index contributed by atoms with van der Waals surface area (Å²) in [6.07, 6.45) is 1.77. The van der Waals surface area contributed by atoms with E-state index in [4.69, 9.17) is 16.3 Å². The third-order valence-electron chi connectivity index (χ3n) is 5.28. The average Bonchev–Trinajstić information content (AvgIpc) is 3.29. The van der Waals surface area contributed by atoms with Gasteiger partial charge in [-0.25, -0.2) is 17.8 Å². The molecule has 0 amide bonds. The lowest BCUT2D eigenvalue weighted by molar-refractivity contribution is -0.384. The van der Waals surface area contributed by atoms with Crippen molar-refractivity contribution >= 4 is 33.0 Å². The van der Waals surface area contributed by atoms with E-state index >= 15 is 0 Å². The molecule has 3 aromatic rings. The first-order valence-corrected chi connectivity index (χ1v) is 12.9. The maximum atomic E-state index is 12.8. The number of aromatic nitrogens is 2. The average molecular weight is 522 g/mol. The largest absolute Gasteiger partial charge is 0.381 e. The van der Waals surface area contributed by atoms with Crippen LogP contribution in [0.15, 0.2) is 53.6 Å². The second-order valence-electron chi connectivity index (χ2n) is 8.04. The van der Waals surface area contributed by atoms with Gasteiger partial charge in [0, 0.05) is 29.9 Å². The first-order chi connectivity index (χ1) is 16.6. The number of nitro groups is 1. The maximum Gasteiger partial charge on any atom is 0.296 e. The van der Waals surface area contributed by atoms with Crippen LogP contribution in [0.1, 0.15) is 25.1 Å². The number of hydrogen-bond donors (Lipinski definition) is 2. The van der Waals surface area contributed by atoms with Gasteiger partial charge in [0.25, 0.3) is 5.69 Å². The van der Waals surface area contributed by atoms with Crippen LogP contribution >= 0.6 is 11.6 Å². The molecule has 35 heavy (non-hydrogen) atoms. The molecule has 0 aliphatic rings. The predicted molar refractivity (Wildman–Crippen MR) is 135 cm³/mol. The summed E-state index contributed by atoms with van der Waals surface area (Å²) in [7, 11) is -3.94. The Morgan fingerprint density at radius 3 is 2.57 bits per heavy atom. The third kappa shape index (κ3) is 6.79. The van der Waals surface area contributed by atoms with Crippen molar-refractivity contribution in [1.29, 1.82) is 0 Å². The molecular formula is C23H28ClN5O5S. The highest BCUT2D eigenvalue weighted by atomic mass is 35.5. The zero-order chi connectivity index (χ0) is 25.6. The first kappa shape index (κ1) is 26.6. The molecule has 0 bridgehead atoms. The summed E-state index contributed by atoms with van der Waals surface area (Å²) in [6.45, 7) is 6.46. The Labute approximate surface area is 209 Å². The van der Waals surface area contributed by atoms with Gasteiger partial charge in [-0.05, 0) is 62.2 Å². The topological polar surface area (TPSA) is 128 Å². The molecule has 1 aromatic heterocycles. The van der Waals surface area contributed by atoms with E-state index in [1.165, 1.54) is 19.1 Å². The number of sulfonamides is 1. The number of anilines is 1. The fourth-order valence-corrected chi connectivity index (χ4v) is 4.97. The van der Waals surface area contributed by atoms with Gasteiger partial charge in [0.2, 0.25) is 10.0 Å². The second kappa shape index (κ2) is 11.6. The summed E-state index contributed by atoms with van der Waals surface area (Å²) in [6, 6.07) is 11.7. The van der Waals surface area contributed by atoms with Crippen molar-refractivity contribution in [2.45, 2.75) is 32.2 Å². The van der Waals surface area contributed by atoms with Gasteiger partial charge in [-0.2, -0.15) is 5.10 Å². The molecular weight excluding hydrogens is 494 g/mol. The minimum atomic E-state index is -3.94. The molecule has 0 radical (unpaired) electrons. The van der Waals surface area contributed by atoms with E-state index in [2.05, 4.69) is 15.1 Å². The quantitative estimate of drug-likeness (QED) is 0.268. The van der Waals surface area contributed by atoms with Gasteiger partial charge in [0.1, 0.15) is 5.69 Å². The lowest BCUT2D eigenvalue weighted by Crippen LogP contribution is -2.30. The zero-order valence-corrected chi connectivity index (χ0v) is 21.3. The molecule has 0 saturated heterocycles. The Bertz CT molecular complexity index is 1280. The standard InChI is InChI=1S/C23H28ClN5O5S/c1-4-34-15-16(2)13-26-35(32,33)22-10-9-21(23(17(22)3)29(30)31)25-14-19-11-12-28(27-19)20-7-5-18(24)6-8-20/h5-12,16,25-26H,4,13-15H2,1-3H3. The molecule has 1 atom stereocenters. The predicted octanol–water partition coefficient (Wildman–Crippen LogP) is 4.31. The molecule has 2 aromatic carbocycles. The maximum absolute atomic E-state index is 12.8. The zero-order valence-electron chi connectivity index (χ0n) is 19.7. The van der Waals surface area contributed by atoms with Crippen LogP contribution < -0.4 is 10.0 Å². The number of nitrogens with one attached hydrogen (secondary N) is 2. The summed E-state index contributed by atoms with van der Waals surface area (Å²) in [5.74, 6) is -0.0476. The van der Waals surface area contributed by atoms with E-state index in [0.717, 1.165) is 5.69 Å². The van der Waals surface area contributed by atoms with Crippen LogP contribution in [0, 0.1) is 23.0 Å². The number of nitro benzene ring substituents is 1. The van der Waals surface area contributed by atoms with Crippen LogP contribution in [0.5, 0.6) is 0 Å². The number of hydrogen-bond acceptors (Lipinski definition) is 7. The molecule has 0 aliphatic heterocycles. The normalized spacial score (nSPS) is 12.5. The first-order valence-electron chi connectivity index (χ1n) is 11.0. The molecule has 0 fully saturated rings. The van der Waals surface area contributed by atoms with Crippen LogP contribution in [-0.4, -0.2) is 42.9 Å². The van der Waals surface area contributed by atoms with Crippen molar-refractivity contribution in [3.05, 3.63) is 75.1 Å². The summed E-state index contributed by atoms with van der Waals surface area (Å²) < 4.78 is 35.2. The summed E-state index contributed by atoms with van der Waals surface area (Å²) in [4.78, 5) is 11.1. The van der Waals surface area contributed by atoms with Crippen LogP contribution in [0.4, 0.5) is 11.4 Å². The Morgan fingerprint density at radius 1 is 1.20 bits per heavy atom. The number of ether oxygens (including phenoxy) is 1. The van der Waals surface area contributed by atoms with Gasteiger partial charge in [-0.1, -0.05) is 18.5 Å². The van der Waals surface area contributed by atoms with Gasteiger partial charge in [-0.3, -0.25) is 10.1 Å². The van der Waals surface area contributed by atoms with Crippen molar-refractivity contribution in [2.24, 2.45) is 5.92 Å². The molecule has 188 valence electrons. The highest BCUT2D eigenvalue weighted by Gasteiger charge is 2.27.